The molecule has 0 saturated carbocycles. The van der Waals surface area contributed by atoms with E-state index in [0.717, 1.165) is 0 Å². The van der Waals surface area contributed by atoms with Crippen molar-refractivity contribution in [2.45, 2.75) is 0 Å². The van der Waals surface area contributed by atoms with Gasteiger partial charge in [-0.2, -0.15) is 0 Å². The Bertz CT molecular complexity index is 499. The van der Waals surface area contributed by atoms with E-state index in [9.17, 15) is 10.1 Å². The zero-order valence-corrected chi connectivity index (χ0v) is 6.76. The number of fused-ring (bicyclic) bond motifs is 1. The van der Waals surface area contributed by atoms with Crippen molar-refractivity contribution < 1.29 is 14.0 Å². The molecule has 0 atom stereocenters. The van der Waals surface area contributed by atoms with E-state index in [1.807, 2.05) is 0 Å². The van der Waals surface area contributed by atoms with Gasteiger partial charge in [-0.15, -0.1) is 0 Å². The number of benzene rings is 1. The number of rotatable bonds is 1. The smallest absolute Gasteiger partial charge is 0.249 e. The molecule has 0 N–H and O–H groups in total. The third kappa shape index (κ3) is 1.03. The van der Waals surface area contributed by atoms with Crippen LogP contribution in [0.4, 0.5) is 0 Å². The minimum absolute atomic E-state index is 0.144. The summed E-state index contributed by atoms with van der Waals surface area (Å²) in [6, 6.07) is 4.46. The fraction of sp³-hybridized carbons (Fsp3) is 0.143. The molecule has 6 nitrogen and oxygen atoms in total. The number of methoxy groups -OCH3 is 1. The molecule has 1 heterocycles. The van der Waals surface area contributed by atoms with E-state index >= 15 is 0 Å². The number of nitrogens with zero attached hydrogens (tertiary/aromatic N) is 2. The molecule has 2 rings (SSSR count). The summed E-state index contributed by atoms with van der Waals surface area (Å²) in [6.45, 7) is 0. The molecule has 13 heavy (non-hydrogen) atoms. The van der Waals surface area contributed by atoms with Gasteiger partial charge in [0.15, 0.2) is 0 Å². The Hall–Kier alpha value is -1.98. The van der Waals surface area contributed by atoms with Gasteiger partial charge in [-0.1, -0.05) is 0 Å². The van der Waals surface area contributed by atoms with Crippen molar-refractivity contribution >= 4 is 11.0 Å². The first-order valence-corrected chi connectivity index (χ1v) is 3.53. The van der Waals surface area contributed by atoms with Gasteiger partial charge in [0.2, 0.25) is 11.0 Å². The summed E-state index contributed by atoms with van der Waals surface area (Å²) in [5, 5.41) is 10.9. The van der Waals surface area contributed by atoms with Crippen molar-refractivity contribution in [1.82, 2.24) is 4.90 Å². The molecule has 0 amide bonds. The van der Waals surface area contributed by atoms with Crippen LogP contribution in [0.3, 0.4) is 0 Å². The van der Waals surface area contributed by atoms with E-state index in [-0.39, 0.29) is 20.5 Å². The molecular weight excluding hydrogens is 176 g/mol. The van der Waals surface area contributed by atoms with Crippen LogP contribution in [0.25, 0.3) is 11.0 Å². The predicted octanol–water partition coefficient (Wildman–Crippen LogP) is 0.503. The molecule has 0 bridgehead atoms. The second-order valence-electron chi connectivity index (χ2n) is 2.45. The molecule has 1 aromatic heterocycles. The van der Waals surface area contributed by atoms with Crippen molar-refractivity contribution in [1.29, 1.82) is 0 Å². The molecule has 0 fully saturated rings. The van der Waals surface area contributed by atoms with Crippen LogP contribution in [0.15, 0.2) is 22.8 Å². The summed E-state index contributed by atoms with van der Waals surface area (Å²) < 4.78 is 9.27. The molecule has 0 aliphatic carbocycles. The summed E-state index contributed by atoms with van der Waals surface area (Å²) >= 11 is 0. The standard InChI is InChI=1S/C7H6N2O4/c1-12-5-2-3-6-7(4-5)9(11)13-8(6)10/h2-4H,1H3. The highest BCUT2D eigenvalue weighted by atomic mass is 16.8. The number of aromatic nitrogens is 2. The maximum Gasteiger partial charge on any atom is 0.249 e. The maximum absolute atomic E-state index is 10.9. The molecule has 0 spiro atoms. The SMILES string of the molecule is COc1ccc2c(c1)n([O-])o[n+]2=O. The molecule has 0 aliphatic rings. The summed E-state index contributed by atoms with van der Waals surface area (Å²) in [5.41, 5.74) is 0.324. The molecule has 0 saturated heterocycles. The lowest BCUT2D eigenvalue weighted by Crippen LogP contribution is -2.08. The highest BCUT2D eigenvalue weighted by molar-refractivity contribution is 5.72. The van der Waals surface area contributed by atoms with Crippen molar-refractivity contribution in [2.24, 2.45) is 0 Å². The third-order valence-corrected chi connectivity index (χ3v) is 1.72. The lowest BCUT2D eigenvalue weighted by molar-refractivity contribution is -0.696. The van der Waals surface area contributed by atoms with Gasteiger partial charge in [-0.25, -0.2) is 0 Å². The van der Waals surface area contributed by atoms with Gasteiger partial charge in [0.25, 0.3) is 0 Å². The highest BCUT2D eigenvalue weighted by Gasteiger charge is 2.11. The van der Waals surface area contributed by atoms with Gasteiger partial charge in [0.1, 0.15) is 5.75 Å². The van der Waals surface area contributed by atoms with Crippen LogP contribution < -0.4 is 9.34 Å². The first-order valence-electron chi connectivity index (χ1n) is 3.53. The van der Waals surface area contributed by atoms with Gasteiger partial charge in [0, 0.05) is 6.07 Å². The van der Waals surface area contributed by atoms with E-state index in [1.54, 1.807) is 6.07 Å². The first kappa shape index (κ1) is 7.66. The van der Waals surface area contributed by atoms with Crippen LogP contribution in [-0.4, -0.2) is 12.0 Å². The minimum Gasteiger partial charge on any atom is -0.497 e. The van der Waals surface area contributed by atoms with Gasteiger partial charge >= 0.3 is 0 Å². The van der Waals surface area contributed by atoms with E-state index in [4.69, 9.17) is 4.74 Å². The zero-order chi connectivity index (χ0) is 9.42. The van der Waals surface area contributed by atoms with Crippen molar-refractivity contribution in [3.8, 4) is 5.75 Å². The van der Waals surface area contributed by atoms with Crippen LogP contribution in [-0.2, 0) is 0 Å². The average molecular weight is 182 g/mol. The third-order valence-electron chi connectivity index (χ3n) is 1.72. The van der Waals surface area contributed by atoms with E-state index in [0.29, 0.717) is 5.75 Å². The lowest BCUT2D eigenvalue weighted by atomic mass is 10.3. The van der Waals surface area contributed by atoms with Crippen molar-refractivity contribution in [3.63, 3.8) is 0 Å². The largest absolute Gasteiger partial charge is 0.497 e. The fourth-order valence-corrected chi connectivity index (χ4v) is 1.09. The van der Waals surface area contributed by atoms with E-state index < -0.39 is 0 Å². The Balaban J connectivity index is 2.84. The van der Waals surface area contributed by atoms with Crippen LogP contribution in [0.1, 0.15) is 0 Å². The van der Waals surface area contributed by atoms with Gasteiger partial charge < -0.3 is 9.94 Å². The summed E-state index contributed by atoms with van der Waals surface area (Å²) in [7, 11) is 1.47. The van der Waals surface area contributed by atoms with E-state index in [2.05, 4.69) is 4.63 Å². The van der Waals surface area contributed by atoms with Crippen molar-refractivity contribution in [3.05, 3.63) is 28.3 Å². The number of hydrogen-bond acceptors (Lipinski definition) is 4. The normalized spacial score (nSPS) is 10.5. The molecule has 68 valence electrons. The van der Waals surface area contributed by atoms with Gasteiger partial charge in [-0.3, -0.25) is 4.63 Å². The molecule has 6 heteroatoms. The first-order chi connectivity index (χ1) is 6.22. The topological polar surface area (TPSA) is 73.3 Å². The molecular formula is C7H6N2O4. The Labute approximate surface area is 72.0 Å². The van der Waals surface area contributed by atoms with Crippen LogP contribution in [0.2, 0.25) is 0 Å². The van der Waals surface area contributed by atoms with Crippen molar-refractivity contribution in [2.75, 3.05) is 7.11 Å². The minimum atomic E-state index is 0.144. The predicted molar refractivity (Wildman–Crippen MR) is 42.9 cm³/mol. The van der Waals surface area contributed by atoms with Gasteiger partial charge in [0.05, 0.1) is 11.7 Å². The number of hydrogen-bond donors (Lipinski definition) is 0. The zero-order valence-electron chi connectivity index (χ0n) is 6.76. The molecule has 1 aromatic carbocycles. The second kappa shape index (κ2) is 2.51. The lowest BCUT2D eigenvalue weighted by Gasteiger charge is -1.95. The highest BCUT2D eigenvalue weighted by Crippen LogP contribution is 2.17. The summed E-state index contributed by atoms with van der Waals surface area (Å²) in [6.07, 6.45) is 0. The quantitative estimate of drug-likeness (QED) is 0.643. The van der Waals surface area contributed by atoms with Crippen LogP contribution >= 0.6 is 0 Å². The summed E-state index contributed by atoms with van der Waals surface area (Å²) in [4.78, 5) is 11.0. The molecule has 2 aromatic rings. The Morgan fingerprint density at radius 3 is 3.08 bits per heavy atom. The molecule has 0 unspecified atom stereocenters. The Kier molecular flexibility index (Phi) is 1.48. The van der Waals surface area contributed by atoms with E-state index in [1.165, 1.54) is 19.2 Å². The summed E-state index contributed by atoms with van der Waals surface area (Å²) in [5.74, 6) is 0.499. The second-order valence-corrected chi connectivity index (χ2v) is 2.45. The average Bonchev–Trinajstić information content (AvgIpc) is 2.42. The Morgan fingerprint density at radius 2 is 2.38 bits per heavy atom. The van der Waals surface area contributed by atoms with Gasteiger partial charge in [-0.05, 0) is 21.9 Å². The Morgan fingerprint density at radius 1 is 1.62 bits per heavy atom. The molecule has 0 radical (unpaired) electrons. The number of ether oxygens (including phenoxy) is 1. The maximum atomic E-state index is 10.9. The fourth-order valence-electron chi connectivity index (χ4n) is 1.09. The molecule has 0 aliphatic heterocycles. The monoisotopic (exact) mass is 182 g/mol. The van der Waals surface area contributed by atoms with Crippen LogP contribution in [0.5, 0.6) is 5.75 Å². The van der Waals surface area contributed by atoms with Crippen LogP contribution in [0, 0.1) is 10.1 Å².